The van der Waals surface area contributed by atoms with Gasteiger partial charge >= 0.3 is 5.97 Å². The minimum absolute atomic E-state index is 0.0570. The van der Waals surface area contributed by atoms with Crippen molar-refractivity contribution in [2.24, 2.45) is 5.92 Å². The third-order valence-corrected chi connectivity index (χ3v) is 6.45. The first-order valence-corrected chi connectivity index (χ1v) is 10.2. The first kappa shape index (κ1) is 18.9. The van der Waals surface area contributed by atoms with Crippen LogP contribution in [0.3, 0.4) is 0 Å². The number of ether oxygens (including phenoxy) is 1. The largest absolute Gasteiger partial charge is 0.492 e. The zero-order valence-electron chi connectivity index (χ0n) is 16.3. The Labute approximate surface area is 167 Å². The van der Waals surface area contributed by atoms with Crippen LogP contribution in [0.2, 0.25) is 0 Å². The predicted octanol–water partition coefficient (Wildman–Crippen LogP) is 3.09. The van der Waals surface area contributed by atoms with Crippen LogP contribution < -0.4 is 0 Å². The summed E-state index contributed by atoms with van der Waals surface area (Å²) in [7, 11) is 1.44. The maximum Gasteiger partial charge on any atom is 0.308 e. The van der Waals surface area contributed by atoms with E-state index in [4.69, 9.17) is 4.74 Å². The third kappa shape index (κ3) is 3.38. The summed E-state index contributed by atoms with van der Waals surface area (Å²) in [5.41, 5.74) is 2.30. The van der Waals surface area contributed by atoms with Gasteiger partial charge in [-0.1, -0.05) is 41.2 Å². The molecular weight excluding hydrogens is 376 g/mol. The van der Waals surface area contributed by atoms with Crippen LogP contribution in [-0.4, -0.2) is 50.8 Å². The number of fused-ring (bicyclic) bond motifs is 1. The van der Waals surface area contributed by atoms with Crippen LogP contribution in [0.15, 0.2) is 24.3 Å². The molecule has 0 amide bonds. The molecular formula is C20H24N4O3S. The highest BCUT2D eigenvalue weighted by Gasteiger charge is 2.34. The minimum atomic E-state index is -0.136. The predicted molar refractivity (Wildman–Crippen MR) is 107 cm³/mol. The van der Waals surface area contributed by atoms with E-state index in [1.54, 1.807) is 0 Å². The lowest BCUT2D eigenvalue weighted by Crippen LogP contribution is -2.39. The Balaban J connectivity index is 1.70. The molecule has 1 aromatic carbocycles. The van der Waals surface area contributed by atoms with Crippen molar-refractivity contribution in [1.82, 2.24) is 19.5 Å². The quantitative estimate of drug-likeness (QED) is 0.678. The molecule has 3 aromatic rings. The molecule has 0 bridgehead atoms. The summed E-state index contributed by atoms with van der Waals surface area (Å²) in [4.78, 5) is 20.1. The lowest BCUT2D eigenvalue weighted by atomic mass is 9.93. The second-order valence-electron chi connectivity index (χ2n) is 7.29. The molecule has 28 heavy (non-hydrogen) atoms. The monoisotopic (exact) mass is 400 g/mol. The van der Waals surface area contributed by atoms with E-state index in [1.807, 2.05) is 6.92 Å². The van der Waals surface area contributed by atoms with Crippen LogP contribution in [0, 0.1) is 19.8 Å². The van der Waals surface area contributed by atoms with Crippen molar-refractivity contribution in [2.75, 3.05) is 20.2 Å². The van der Waals surface area contributed by atoms with Crippen LogP contribution in [0.5, 0.6) is 5.88 Å². The molecule has 1 aliphatic heterocycles. The Morgan fingerprint density at radius 3 is 2.54 bits per heavy atom. The van der Waals surface area contributed by atoms with Gasteiger partial charge in [0.15, 0.2) is 0 Å². The topological polar surface area (TPSA) is 80.0 Å². The lowest BCUT2D eigenvalue weighted by Gasteiger charge is -2.36. The zero-order chi connectivity index (χ0) is 19.8. The smallest absolute Gasteiger partial charge is 0.308 e. The van der Waals surface area contributed by atoms with E-state index in [2.05, 4.69) is 46.2 Å². The van der Waals surface area contributed by atoms with Crippen LogP contribution in [0.4, 0.5) is 0 Å². The number of nitrogens with zero attached hydrogens (tertiary/aromatic N) is 4. The first-order chi connectivity index (χ1) is 13.5. The van der Waals surface area contributed by atoms with Gasteiger partial charge in [0.1, 0.15) is 5.82 Å². The number of carbonyl (C=O) groups is 1. The number of likely N-dealkylation sites (tertiary alicyclic amines) is 1. The number of rotatable bonds is 4. The van der Waals surface area contributed by atoms with E-state index in [-0.39, 0.29) is 23.8 Å². The number of aromatic nitrogens is 3. The summed E-state index contributed by atoms with van der Waals surface area (Å²) in [6, 6.07) is 8.27. The summed E-state index contributed by atoms with van der Waals surface area (Å²) >= 11 is 1.46. The van der Waals surface area contributed by atoms with E-state index in [9.17, 15) is 9.90 Å². The maximum absolute atomic E-state index is 11.9. The van der Waals surface area contributed by atoms with E-state index in [0.29, 0.717) is 10.8 Å². The number of carbonyl (C=O) groups excluding carboxylic acids is 1. The molecule has 0 spiro atoms. The van der Waals surface area contributed by atoms with Gasteiger partial charge in [-0.15, -0.1) is 5.10 Å². The van der Waals surface area contributed by atoms with Crippen LogP contribution in [0.25, 0.3) is 4.96 Å². The van der Waals surface area contributed by atoms with Gasteiger partial charge in [0.05, 0.1) is 23.9 Å². The second kappa shape index (κ2) is 7.52. The molecule has 4 rings (SSSR count). The van der Waals surface area contributed by atoms with Gasteiger partial charge in [0.2, 0.25) is 10.8 Å². The van der Waals surface area contributed by atoms with E-state index in [0.717, 1.165) is 36.4 Å². The number of hydrogen-bond acceptors (Lipinski definition) is 7. The van der Waals surface area contributed by atoms with Crippen molar-refractivity contribution in [3.05, 3.63) is 46.1 Å². The van der Waals surface area contributed by atoms with Crippen molar-refractivity contribution in [3.63, 3.8) is 0 Å². The number of piperidine rings is 1. The SMILES string of the molecule is COC(=O)C1CCN([C@H](c2ccc(C)cc2)c2sc3nc(C)nn3c2O)CC1. The maximum atomic E-state index is 11.9. The number of thiazole rings is 1. The van der Waals surface area contributed by atoms with E-state index < -0.39 is 0 Å². The molecule has 3 heterocycles. The number of benzene rings is 1. The number of aryl methyl sites for hydroxylation is 2. The van der Waals surface area contributed by atoms with Crippen molar-refractivity contribution < 1.29 is 14.6 Å². The molecule has 8 heteroatoms. The highest BCUT2D eigenvalue weighted by Crippen LogP contribution is 2.41. The molecule has 0 aliphatic carbocycles. The summed E-state index contributed by atoms with van der Waals surface area (Å²) < 4.78 is 6.42. The Hall–Kier alpha value is -2.45. The highest BCUT2D eigenvalue weighted by molar-refractivity contribution is 7.17. The number of hydrogen-bond donors (Lipinski definition) is 1. The highest BCUT2D eigenvalue weighted by atomic mass is 32.1. The molecule has 0 radical (unpaired) electrons. The van der Waals surface area contributed by atoms with Crippen molar-refractivity contribution in [3.8, 4) is 5.88 Å². The normalized spacial score (nSPS) is 17.1. The Morgan fingerprint density at radius 2 is 1.93 bits per heavy atom. The molecule has 1 atom stereocenters. The molecule has 0 saturated carbocycles. The summed E-state index contributed by atoms with van der Waals surface area (Å²) in [6.45, 7) is 5.38. The molecule has 7 nitrogen and oxygen atoms in total. The number of esters is 1. The number of methoxy groups -OCH3 is 1. The fourth-order valence-corrected chi connectivity index (χ4v) is 5.03. The standard InChI is InChI=1S/C20H24N4O3S/c1-12-4-6-14(7-5-12)16(23-10-8-15(9-11-23)19(26)27-3)17-18(25)24-20(28-17)21-13(2)22-24/h4-7,15-16,25H,8-11H2,1-3H3/t16-/m1/s1. The van der Waals surface area contributed by atoms with E-state index in [1.165, 1.54) is 28.5 Å². The number of aromatic hydroxyl groups is 1. The average Bonchev–Trinajstić information content (AvgIpc) is 3.21. The van der Waals surface area contributed by atoms with Gasteiger partial charge in [0, 0.05) is 0 Å². The van der Waals surface area contributed by atoms with Gasteiger partial charge in [-0.25, -0.2) is 4.98 Å². The van der Waals surface area contributed by atoms with Crippen molar-refractivity contribution in [2.45, 2.75) is 32.7 Å². The van der Waals surface area contributed by atoms with Gasteiger partial charge < -0.3 is 9.84 Å². The second-order valence-corrected chi connectivity index (χ2v) is 8.30. The van der Waals surface area contributed by atoms with Crippen molar-refractivity contribution >= 4 is 22.3 Å². The lowest BCUT2D eigenvalue weighted by molar-refractivity contribution is -0.147. The van der Waals surface area contributed by atoms with Crippen molar-refractivity contribution in [1.29, 1.82) is 0 Å². The average molecular weight is 401 g/mol. The Morgan fingerprint density at radius 1 is 1.25 bits per heavy atom. The summed E-state index contributed by atoms with van der Waals surface area (Å²) in [6.07, 6.45) is 1.49. The van der Waals surface area contributed by atoms with Gasteiger partial charge in [-0.3, -0.25) is 9.69 Å². The van der Waals surface area contributed by atoms with Gasteiger partial charge in [0.25, 0.3) is 0 Å². The Bertz CT molecular complexity index is 987. The molecule has 148 valence electrons. The molecule has 1 fully saturated rings. The fourth-order valence-electron chi connectivity index (χ4n) is 3.86. The summed E-state index contributed by atoms with van der Waals surface area (Å²) in [5.74, 6) is 0.585. The minimum Gasteiger partial charge on any atom is -0.492 e. The molecule has 0 unspecified atom stereocenters. The molecule has 2 aromatic heterocycles. The first-order valence-electron chi connectivity index (χ1n) is 9.41. The Kier molecular flexibility index (Phi) is 5.07. The van der Waals surface area contributed by atoms with E-state index >= 15 is 0 Å². The van der Waals surface area contributed by atoms with Crippen LogP contribution in [-0.2, 0) is 9.53 Å². The van der Waals surface area contributed by atoms with Gasteiger partial charge in [-0.2, -0.15) is 4.52 Å². The summed E-state index contributed by atoms with van der Waals surface area (Å²) in [5, 5.41) is 15.2. The zero-order valence-corrected chi connectivity index (χ0v) is 17.1. The molecule has 1 aliphatic rings. The van der Waals surface area contributed by atoms with Gasteiger partial charge in [-0.05, 0) is 45.3 Å². The molecule has 1 N–H and O–H groups in total. The third-order valence-electron chi connectivity index (χ3n) is 5.38. The van der Waals surface area contributed by atoms with Crippen LogP contribution >= 0.6 is 11.3 Å². The fraction of sp³-hybridized carbons (Fsp3) is 0.450. The molecule has 1 saturated heterocycles. The van der Waals surface area contributed by atoms with Crippen LogP contribution in [0.1, 0.15) is 40.7 Å².